The molecule has 1 saturated heterocycles. The lowest BCUT2D eigenvalue weighted by molar-refractivity contribution is -0.145. The summed E-state index contributed by atoms with van der Waals surface area (Å²) in [5.74, 6) is -0.576. The molecule has 0 aromatic heterocycles. The van der Waals surface area contributed by atoms with E-state index in [4.69, 9.17) is 9.84 Å². The molecular weight excluding hydrogens is 269 g/mol. The molecule has 6 nitrogen and oxygen atoms in total. The van der Waals surface area contributed by atoms with Gasteiger partial charge >= 0.3 is 12.1 Å². The fourth-order valence-electron chi connectivity index (χ4n) is 2.16. The Hall–Kier alpha value is -2.31. The molecule has 0 aliphatic carbocycles. The predicted molar refractivity (Wildman–Crippen MR) is 66.0 cm³/mol. The molecule has 1 aliphatic heterocycles. The van der Waals surface area contributed by atoms with Gasteiger partial charge in [0.15, 0.2) is 0 Å². The van der Waals surface area contributed by atoms with Crippen LogP contribution in [0.25, 0.3) is 0 Å². The molecule has 20 heavy (non-hydrogen) atoms. The summed E-state index contributed by atoms with van der Waals surface area (Å²) in [5.41, 5.74) is 0. The highest BCUT2D eigenvalue weighted by Gasteiger charge is 2.41. The number of amides is 1. The Morgan fingerprint density at radius 3 is 2.55 bits per heavy atom. The minimum atomic E-state index is -1.20. The highest BCUT2D eigenvalue weighted by atomic mass is 19.1. The van der Waals surface area contributed by atoms with Crippen LogP contribution in [0.1, 0.15) is 6.42 Å². The van der Waals surface area contributed by atoms with Crippen molar-refractivity contribution in [2.75, 3.05) is 13.7 Å². The Kier molecular flexibility index (Phi) is 4.07. The van der Waals surface area contributed by atoms with Crippen LogP contribution in [0.5, 0.6) is 5.75 Å². The summed E-state index contributed by atoms with van der Waals surface area (Å²) in [7, 11) is 1.20. The molecule has 1 aromatic carbocycles. The molecule has 0 saturated carbocycles. The third-order valence-corrected chi connectivity index (χ3v) is 3.10. The van der Waals surface area contributed by atoms with E-state index < -0.39 is 24.2 Å². The number of hydrogen-bond donors (Lipinski definition) is 1. The van der Waals surface area contributed by atoms with Crippen LogP contribution in [0, 0.1) is 5.82 Å². The molecule has 1 heterocycles. The number of halogens is 1. The van der Waals surface area contributed by atoms with E-state index >= 15 is 0 Å². The number of carbonyl (C=O) groups is 2. The summed E-state index contributed by atoms with van der Waals surface area (Å²) in [5, 5.41) is 9.06. The zero-order valence-corrected chi connectivity index (χ0v) is 10.8. The fourth-order valence-corrected chi connectivity index (χ4v) is 2.16. The molecular formula is C13H14FNO5. The van der Waals surface area contributed by atoms with Crippen LogP contribution in [0.2, 0.25) is 0 Å². The Morgan fingerprint density at radius 2 is 2.00 bits per heavy atom. The van der Waals surface area contributed by atoms with Crippen molar-refractivity contribution >= 4 is 12.1 Å². The van der Waals surface area contributed by atoms with Crippen LogP contribution in [0.3, 0.4) is 0 Å². The van der Waals surface area contributed by atoms with Crippen LogP contribution < -0.4 is 4.74 Å². The monoisotopic (exact) mass is 283 g/mol. The summed E-state index contributed by atoms with van der Waals surface area (Å²) in [6.07, 6.45) is -1.47. The van der Waals surface area contributed by atoms with Crippen LogP contribution in [-0.2, 0) is 9.53 Å². The van der Waals surface area contributed by atoms with E-state index in [0.29, 0.717) is 5.75 Å². The number of hydrogen-bond acceptors (Lipinski definition) is 4. The van der Waals surface area contributed by atoms with Gasteiger partial charge in [-0.25, -0.2) is 14.0 Å². The maximum absolute atomic E-state index is 12.8. The average Bonchev–Trinajstić information content (AvgIpc) is 2.84. The second kappa shape index (κ2) is 5.77. The Labute approximate surface area is 114 Å². The van der Waals surface area contributed by atoms with Gasteiger partial charge in [0.25, 0.3) is 0 Å². The van der Waals surface area contributed by atoms with Crippen molar-refractivity contribution in [1.29, 1.82) is 0 Å². The van der Waals surface area contributed by atoms with E-state index in [1.54, 1.807) is 0 Å². The maximum atomic E-state index is 12.8. The van der Waals surface area contributed by atoms with E-state index in [-0.39, 0.29) is 18.8 Å². The molecule has 2 atom stereocenters. The number of carboxylic acid groups (broad SMARTS) is 1. The van der Waals surface area contributed by atoms with Crippen molar-refractivity contribution in [3.63, 3.8) is 0 Å². The molecule has 1 fully saturated rings. The van der Waals surface area contributed by atoms with Gasteiger partial charge in [-0.05, 0) is 24.3 Å². The molecule has 1 aromatic rings. The van der Waals surface area contributed by atoms with Gasteiger partial charge in [0.1, 0.15) is 23.7 Å². The molecule has 2 rings (SSSR count). The normalized spacial score (nSPS) is 21.6. The first-order valence-corrected chi connectivity index (χ1v) is 6.01. The third kappa shape index (κ3) is 2.98. The number of esters is 1. The summed E-state index contributed by atoms with van der Waals surface area (Å²) < 4.78 is 22.9. The van der Waals surface area contributed by atoms with Crippen molar-refractivity contribution in [1.82, 2.24) is 4.90 Å². The number of carbonyl (C=O) groups excluding carboxylic acids is 1. The van der Waals surface area contributed by atoms with E-state index in [1.165, 1.54) is 31.4 Å². The van der Waals surface area contributed by atoms with Crippen LogP contribution >= 0.6 is 0 Å². The highest BCUT2D eigenvalue weighted by molar-refractivity contribution is 5.81. The molecule has 108 valence electrons. The number of benzene rings is 1. The maximum Gasteiger partial charge on any atom is 0.408 e. The van der Waals surface area contributed by atoms with Gasteiger partial charge in [-0.15, -0.1) is 0 Å². The number of methoxy groups -OCH3 is 1. The lowest BCUT2D eigenvalue weighted by atomic mass is 10.2. The molecule has 7 heteroatoms. The van der Waals surface area contributed by atoms with Gasteiger partial charge in [0, 0.05) is 6.42 Å². The molecule has 1 aliphatic rings. The van der Waals surface area contributed by atoms with Gasteiger partial charge in [-0.1, -0.05) is 0 Å². The lowest BCUT2D eigenvalue weighted by Crippen LogP contribution is -2.40. The van der Waals surface area contributed by atoms with Gasteiger partial charge in [-0.3, -0.25) is 4.90 Å². The minimum Gasteiger partial charge on any atom is -0.488 e. The van der Waals surface area contributed by atoms with Crippen LogP contribution in [0.4, 0.5) is 9.18 Å². The van der Waals surface area contributed by atoms with Gasteiger partial charge in [0.2, 0.25) is 0 Å². The molecule has 0 bridgehead atoms. The van der Waals surface area contributed by atoms with Crippen LogP contribution in [0.15, 0.2) is 24.3 Å². The highest BCUT2D eigenvalue weighted by Crippen LogP contribution is 2.24. The Bertz CT molecular complexity index is 504. The first-order valence-electron chi connectivity index (χ1n) is 6.01. The van der Waals surface area contributed by atoms with E-state index in [1.807, 2.05) is 0 Å². The standard InChI is InChI=1S/C13H14FNO5/c1-19-12(16)11-6-10(7-15(11)13(17)18)20-9-4-2-8(14)3-5-9/h2-5,10-11H,6-7H2,1H3,(H,17,18). The Morgan fingerprint density at radius 1 is 1.35 bits per heavy atom. The number of rotatable bonds is 3. The van der Waals surface area contributed by atoms with Crippen molar-refractivity contribution in [2.45, 2.75) is 18.6 Å². The number of likely N-dealkylation sites (tertiary alicyclic amines) is 1. The zero-order chi connectivity index (χ0) is 14.7. The smallest absolute Gasteiger partial charge is 0.408 e. The fraction of sp³-hybridized carbons (Fsp3) is 0.385. The largest absolute Gasteiger partial charge is 0.488 e. The summed E-state index contributed by atoms with van der Waals surface area (Å²) >= 11 is 0. The molecule has 2 unspecified atom stereocenters. The van der Waals surface area contributed by atoms with Crippen LogP contribution in [-0.4, -0.2) is 47.9 Å². The van der Waals surface area contributed by atoms with Crippen molar-refractivity contribution in [2.24, 2.45) is 0 Å². The topological polar surface area (TPSA) is 76.1 Å². The lowest BCUT2D eigenvalue weighted by Gasteiger charge is -2.18. The molecule has 0 spiro atoms. The van der Waals surface area contributed by atoms with E-state index in [0.717, 1.165) is 4.90 Å². The van der Waals surface area contributed by atoms with Gasteiger partial charge < -0.3 is 14.6 Å². The summed E-state index contributed by atoms with van der Waals surface area (Å²) in [6.45, 7) is 0.0620. The molecule has 1 amide bonds. The van der Waals surface area contributed by atoms with Gasteiger partial charge in [-0.2, -0.15) is 0 Å². The SMILES string of the molecule is COC(=O)C1CC(Oc2ccc(F)cc2)CN1C(=O)O. The second-order valence-corrected chi connectivity index (χ2v) is 4.40. The van der Waals surface area contributed by atoms with Gasteiger partial charge in [0.05, 0.1) is 13.7 Å². The number of nitrogens with zero attached hydrogens (tertiary/aromatic N) is 1. The molecule has 1 N–H and O–H groups in total. The number of ether oxygens (including phenoxy) is 2. The zero-order valence-electron chi connectivity index (χ0n) is 10.8. The Balaban J connectivity index is 2.06. The van der Waals surface area contributed by atoms with E-state index in [2.05, 4.69) is 4.74 Å². The van der Waals surface area contributed by atoms with Crippen molar-refractivity contribution in [3.8, 4) is 5.75 Å². The average molecular weight is 283 g/mol. The predicted octanol–water partition coefficient (Wildman–Crippen LogP) is 1.50. The van der Waals surface area contributed by atoms with Crippen molar-refractivity contribution < 1.29 is 28.6 Å². The van der Waals surface area contributed by atoms with E-state index in [9.17, 15) is 14.0 Å². The first-order chi connectivity index (χ1) is 9.51. The summed E-state index contributed by atoms with van der Waals surface area (Å²) in [4.78, 5) is 23.6. The minimum absolute atomic E-state index is 0.0620. The quantitative estimate of drug-likeness (QED) is 0.851. The molecule has 0 radical (unpaired) electrons. The first kappa shape index (κ1) is 14.1. The summed E-state index contributed by atoms with van der Waals surface area (Å²) in [6, 6.07) is 4.52. The van der Waals surface area contributed by atoms with Crippen molar-refractivity contribution in [3.05, 3.63) is 30.1 Å². The third-order valence-electron chi connectivity index (χ3n) is 3.10. The second-order valence-electron chi connectivity index (χ2n) is 4.40.